The first-order chi connectivity index (χ1) is 16.6. The van der Waals surface area contributed by atoms with E-state index in [0.29, 0.717) is 22.3 Å². The number of esters is 2. The molecule has 2 heterocycles. The second-order valence-electron chi connectivity index (χ2n) is 9.07. The normalized spacial score (nSPS) is 14.3. The van der Waals surface area contributed by atoms with Crippen LogP contribution in [0.4, 0.5) is 0 Å². The quantitative estimate of drug-likeness (QED) is 0.196. The van der Waals surface area contributed by atoms with Gasteiger partial charge in [-0.3, -0.25) is 14.5 Å². The van der Waals surface area contributed by atoms with E-state index in [1.807, 2.05) is 64.1 Å². The number of cyclic esters (lactones) is 2. The zero-order chi connectivity index (χ0) is 25.2. The molecule has 0 N–H and O–H groups in total. The summed E-state index contributed by atoms with van der Waals surface area (Å²) in [6, 6.07) is 14.7. The molecule has 0 saturated carbocycles. The lowest BCUT2D eigenvalue weighted by Gasteiger charge is -2.25. The molecule has 0 aliphatic carbocycles. The van der Waals surface area contributed by atoms with Crippen LogP contribution in [-0.2, 0) is 4.74 Å². The largest absolute Gasteiger partial charge is 0.386 e. The SMILES string of the molecule is Cc1ccc2c3c(ccc(C)c13)C(=O)N(C)C2=O.Cc1ccc2c3c(ccc(C)c13)C(=O)OC2=O. The van der Waals surface area contributed by atoms with Crippen molar-refractivity contribution in [3.63, 3.8) is 0 Å². The standard InChI is InChI=1S/C15H13NO2.C14H10O3/c1-8-4-6-10-13-11(7-5-9(2)12(8)13)15(18)16(3)14(10)17;1-7-3-5-9-12-10(14(16)17-13(9)15)6-4-8(2)11(7)12/h4-7H,1-3H3;3-6H,1-2H3. The third-order valence-electron chi connectivity index (χ3n) is 6.85. The van der Waals surface area contributed by atoms with Gasteiger partial charge in [-0.15, -0.1) is 0 Å². The molecule has 0 saturated heterocycles. The third kappa shape index (κ3) is 3.25. The van der Waals surface area contributed by atoms with E-state index < -0.39 is 11.9 Å². The van der Waals surface area contributed by atoms with Crippen molar-refractivity contribution in [2.45, 2.75) is 27.7 Å². The van der Waals surface area contributed by atoms with Gasteiger partial charge in [0.25, 0.3) is 11.8 Å². The van der Waals surface area contributed by atoms with E-state index in [-0.39, 0.29) is 11.8 Å². The molecule has 4 aromatic rings. The van der Waals surface area contributed by atoms with Gasteiger partial charge < -0.3 is 4.74 Å². The highest BCUT2D eigenvalue weighted by Gasteiger charge is 2.31. The average molecular weight is 466 g/mol. The van der Waals surface area contributed by atoms with Crippen LogP contribution in [0, 0.1) is 27.7 Å². The number of benzene rings is 4. The van der Waals surface area contributed by atoms with Gasteiger partial charge in [0.15, 0.2) is 0 Å². The number of ether oxygens (including phenoxy) is 1. The predicted molar refractivity (Wildman–Crippen MR) is 133 cm³/mol. The van der Waals surface area contributed by atoms with Crippen molar-refractivity contribution in [1.29, 1.82) is 0 Å². The topological polar surface area (TPSA) is 80.8 Å². The lowest BCUT2D eigenvalue weighted by molar-refractivity contribution is 0.0390. The molecule has 0 unspecified atom stereocenters. The summed E-state index contributed by atoms with van der Waals surface area (Å²) in [5.41, 5.74) is 6.51. The second-order valence-corrected chi connectivity index (χ2v) is 9.07. The van der Waals surface area contributed by atoms with Crippen LogP contribution in [0.1, 0.15) is 63.7 Å². The van der Waals surface area contributed by atoms with Gasteiger partial charge >= 0.3 is 11.9 Å². The van der Waals surface area contributed by atoms with E-state index in [1.165, 1.54) is 11.9 Å². The number of amides is 2. The Labute approximate surface area is 202 Å². The summed E-state index contributed by atoms with van der Waals surface area (Å²) in [4.78, 5) is 48.8. The lowest BCUT2D eigenvalue weighted by atomic mass is 9.89. The molecule has 0 radical (unpaired) electrons. The number of hydrogen-bond donors (Lipinski definition) is 0. The first kappa shape index (κ1) is 22.5. The summed E-state index contributed by atoms with van der Waals surface area (Å²) >= 11 is 0. The van der Waals surface area contributed by atoms with Crippen LogP contribution in [0.3, 0.4) is 0 Å². The Hall–Kier alpha value is -4.32. The Bertz CT molecular complexity index is 1540. The number of rotatable bonds is 0. The number of imide groups is 1. The highest BCUT2D eigenvalue weighted by atomic mass is 16.6. The van der Waals surface area contributed by atoms with Crippen LogP contribution < -0.4 is 0 Å². The Kier molecular flexibility index (Phi) is 5.06. The molecule has 174 valence electrons. The maximum Gasteiger partial charge on any atom is 0.346 e. The molecule has 0 atom stereocenters. The van der Waals surface area contributed by atoms with Gasteiger partial charge in [-0.05, 0) is 85.0 Å². The molecule has 2 amide bonds. The molecule has 4 aromatic carbocycles. The van der Waals surface area contributed by atoms with Crippen LogP contribution in [0.5, 0.6) is 0 Å². The van der Waals surface area contributed by atoms with Crippen LogP contribution in [0.2, 0.25) is 0 Å². The van der Waals surface area contributed by atoms with Crippen molar-refractivity contribution in [1.82, 2.24) is 4.90 Å². The molecule has 0 aromatic heterocycles. The van der Waals surface area contributed by atoms with Crippen LogP contribution in [0.25, 0.3) is 21.5 Å². The molecule has 6 nitrogen and oxygen atoms in total. The van der Waals surface area contributed by atoms with Crippen molar-refractivity contribution in [3.05, 3.63) is 93.0 Å². The van der Waals surface area contributed by atoms with Crippen molar-refractivity contribution in [2.75, 3.05) is 7.05 Å². The molecule has 2 aliphatic heterocycles. The van der Waals surface area contributed by atoms with E-state index >= 15 is 0 Å². The van der Waals surface area contributed by atoms with E-state index in [0.717, 1.165) is 43.8 Å². The monoisotopic (exact) mass is 465 g/mol. The Morgan fingerprint density at radius 2 is 0.800 bits per heavy atom. The van der Waals surface area contributed by atoms with Gasteiger partial charge in [0.05, 0.1) is 11.1 Å². The van der Waals surface area contributed by atoms with Gasteiger partial charge in [0.2, 0.25) is 0 Å². The first-order valence-electron chi connectivity index (χ1n) is 11.3. The summed E-state index contributed by atoms with van der Waals surface area (Å²) in [5.74, 6) is -1.55. The van der Waals surface area contributed by atoms with Gasteiger partial charge in [-0.25, -0.2) is 9.59 Å². The maximum absolute atomic E-state index is 12.1. The highest BCUT2D eigenvalue weighted by Crippen LogP contribution is 2.34. The molecule has 0 fully saturated rings. The van der Waals surface area contributed by atoms with Gasteiger partial charge in [-0.2, -0.15) is 0 Å². The first-order valence-corrected chi connectivity index (χ1v) is 11.3. The van der Waals surface area contributed by atoms with Crippen LogP contribution in [-0.4, -0.2) is 35.7 Å². The number of aryl methyl sites for hydroxylation is 4. The van der Waals surface area contributed by atoms with Gasteiger partial charge in [0.1, 0.15) is 0 Å². The highest BCUT2D eigenvalue weighted by molar-refractivity contribution is 6.26. The summed E-state index contributed by atoms with van der Waals surface area (Å²) in [5, 5.41) is 3.54. The second kappa shape index (κ2) is 7.87. The lowest BCUT2D eigenvalue weighted by Crippen LogP contribution is -2.37. The molecule has 0 spiro atoms. The summed E-state index contributed by atoms with van der Waals surface area (Å²) in [7, 11) is 1.53. The number of hydrogen-bond acceptors (Lipinski definition) is 5. The minimum atomic E-state index is -0.557. The van der Waals surface area contributed by atoms with Crippen LogP contribution >= 0.6 is 0 Å². The minimum absolute atomic E-state index is 0.219. The van der Waals surface area contributed by atoms with Gasteiger partial charge in [-0.1, -0.05) is 24.3 Å². The van der Waals surface area contributed by atoms with Gasteiger partial charge in [0, 0.05) is 28.9 Å². The molecule has 35 heavy (non-hydrogen) atoms. The maximum atomic E-state index is 12.1. The number of carbonyl (C=O) groups is 4. The zero-order valence-electron chi connectivity index (χ0n) is 20.1. The summed E-state index contributed by atoms with van der Waals surface area (Å²) in [6.07, 6.45) is 0. The Morgan fingerprint density at radius 3 is 1.17 bits per heavy atom. The fourth-order valence-corrected chi connectivity index (χ4v) is 5.08. The number of nitrogens with zero attached hydrogens (tertiary/aromatic N) is 1. The summed E-state index contributed by atoms with van der Waals surface area (Å²) < 4.78 is 4.70. The van der Waals surface area contributed by atoms with E-state index in [4.69, 9.17) is 4.74 Å². The minimum Gasteiger partial charge on any atom is -0.386 e. The molecule has 2 aliphatic rings. The fourth-order valence-electron chi connectivity index (χ4n) is 5.08. The van der Waals surface area contributed by atoms with Crippen molar-refractivity contribution >= 4 is 45.3 Å². The Balaban J connectivity index is 0.000000145. The molecular formula is C29H23NO5. The molecular weight excluding hydrogens is 442 g/mol. The fraction of sp³-hybridized carbons (Fsp3) is 0.172. The zero-order valence-corrected chi connectivity index (χ0v) is 20.1. The molecule has 0 bridgehead atoms. The van der Waals surface area contributed by atoms with E-state index in [2.05, 4.69) is 0 Å². The van der Waals surface area contributed by atoms with Crippen molar-refractivity contribution < 1.29 is 23.9 Å². The number of carbonyl (C=O) groups excluding carboxylic acids is 4. The average Bonchev–Trinajstić information content (AvgIpc) is 2.82. The Morgan fingerprint density at radius 1 is 0.486 bits per heavy atom. The predicted octanol–water partition coefficient (Wildman–Crippen LogP) is 5.45. The third-order valence-corrected chi connectivity index (χ3v) is 6.85. The van der Waals surface area contributed by atoms with E-state index in [9.17, 15) is 19.2 Å². The van der Waals surface area contributed by atoms with E-state index in [1.54, 1.807) is 12.1 Å². The van der Waals surface area contributed by atoms with Crippen LogP contribution in [0.15, 0.2) is 48.5 Å². The molecule has 6 rings (SSSR count). The molecule has 6 heteroatoms. The van der Waals surface area contributed by atoms with Crippen molar-refractivity contribution in [2.24, 2.45) is 0 Å². The summed E-state index contributed by atoms with van der Waals surface area (Å²) in [6.45, 7) is 7.95. The smallest absolute Gasteiger partial charge is 0.346 e. The van der Waals surface area contributed by atoms with Crippen molar-refractivity contribution in [3.8, 4) is 0 Å².